The molecule has 4 aromatic rings. The van der Waals surface area contributed by atoms with Gasteiger partial charge < -0.3 is 0 Å². The Kier molecular flexibility index (Phi) is 3.44. The summed E-state index contributed by atoms with van der Waals surface area (Å²) in [6.07, 6.45) is 0. The molecule has 2 heterocycles. The number of rotatable bonds is 2. The predicted molar refractivity (Wildman–Crippen MR) is 96.1 cm³/mol. The van der Waals surface area contributed by atoms with Gasteiger partial charge in [-0.1, -0.05) is 42.5 Å². The minimum absolute atomic E-state index is 0.187. The van der Waals surface area contributed by atoms with Crippen molar-refractivity contribution < 1.29 is 0 Å². The Morgan fingerprint density at radius 1 is 1.04 bits per heavy atom. The molecule has 2 aromatic heterocycles. The molecular formula is C20H14N4O. The van der Waals surface area contributed by atoms with Gasteiger partial charge in [-0.05, 0) is 24.6 Å². The van der Waals surface area contributed by atoms with Crippen LogP contribution < -0.4 is 5.56 Å². The Bertz CT molecular complexity index is 1180. The first-order chi connectivity index (χ1) is 12.2. The van der Waals surface area contributed by atoms with Crippen LogP contribution in [0.1, 0.15) is 11.1 Å². The lowest BCUT2D eigenvalue weighted by Crippen LogP contribution is -2.14. The zero-order valence-corrected chi connectivity index (χ0v) is 13.5. The Morgan fingerprint density at radius 2 is 1.80 bits per heavy atom. The van der Waals surface area contributed by atoms with E-state index in [0.717, 1.165) is 22.4 Å². The number of benzene rings is 2. The third-order valence-corrected chi connectivity index (χ3v) is 4.20. The van der Waals surface area contributed by atoms with E-state index in [0.29, 0.717) is 16.9 Å². The largest absolute Gasteiger partial charge is 0.289 e. The monoisotopic (exact) mass is 326 g/mol. The summed E-state index contributed by atoms with van der Waals surface area (Å²) in [6, 6.07) is 20.5. The van der Waals surface area contributed by atoms with Gasteiger partial charge in [-0.25, -0.2) is 9.50 Å². The molecule has 0 amide bonds. The molecule has 0 fully saturated rings. The molecule has 0 aliphatic heterocycles. The molecule has 4 rings (SSSR count). The van der Waals surface area contributed by atoms with Crippen molar-refractivity contribution in [2.45, 2.75) is 6.92 Å². The molecule has 0 aliphatic rings. The van der Waals surface area contributed by atoms with Crippen LogP contribution in [0.4, 0.5) is 0 Å². The number of nitriles is 1. The van der Waals surface area contributed by atoms with Crippen LogP contribution in [0.5, 0.6) is 0 Å². The second kappa shape index (κ2) is 5.77. The van der Waals surface area contributed by atoms with Gasteiger partial charge in [-0.15, -0.1) is 0 Å². The van der Waals surface area contributed by atoms with Crippen LogP contribution in [0, 0.1) is 18.3 Å². The lowest BCUT2D eigenvalue weighted by Gasteiger charge is -2.02. The van der Waals surface area contributed by atoms with Gasteiger partial charge in [0, 0.05) is 17.2 Å². The van der Waals surface area contributed by atoms with Crippen LogP contribution in [-0.2, 0) is 0 Å². The Hall–Kier alpha value is -3.65. The summed E-state index contributed by atoms with van der Waals surface area (Å²) < 4.78 is 1.45. The van der Waals surface area contributed by atoms with E-state index in [1.165, 1.54) is 10.6 Å². The number of hydrogen-bond acceptors (Lipinski definition) is 3. The maximum absolute atomic E-state index is 12.6. The van der Waals surface area contributed by atoms with Crippen molar-refractivity contribution in [2.24, 2.45) is 0 Å². The van der Waals surface area contributed by atoms with Crippen LogP contribution in [0.25, 0.3) is 28.2 Å². The van der Waals surface area contributed by atoms with Gasteiger partial charge in [-0.2, -0.15) is 5.26 Å². The van der Waals surface area contributed by atoms with Gasteiger partial charge in [0.25, 0.3) is 5.56 Å². The summed E-state index contributed by atoms with van der Waals surface area (Å²) in [5.41, 5.74) is 5.02. The summed E-state index contributed by atoms with van der Waals surface area (Å²) >= 11 is 0. The molecule has 0 spiro atoms. The smallest absolute Gasteiger partial charge is 0.273 e. The second-order valence-corrected chi connectivity index (χ2v) is 5.81. The highest BCUT2D eigenvalue weighted by molar-refractivity contribution is 5.72. The molecule has 0 bridgehead atoms. The van der Waals surface area contributed by atoms with Crippen LogP contribution >= 0.6 is 0 Å². The fourth-order valence-electron chi connectivity index (χ4n) is 2.93. The minimum atomic E-state index is -0.187. The van der Waals surface area contributed by atoms with E-state index in [9.17, 15) is 4.79 Å². The number of nitrogens with zero attached hydrogens (tertiary/aromatic N) is 3. The molecule has 0 unspecified atom stereocenters. The molecule has 0 saturated heterocycles. The van der Waals surface area contributed by atoms with Crippen molar-refractivity contribution in [3.05, 3.63) is 82.1 Å². The third-order valence-electron chi connectivity index (χ3n) is 4.20. The SMILES string of the molecule is Cc1c(-c2ccccc2)[nH]n2c(=O)cc(-c3cccc(C#N)c3)nc12. The molecule has 1 N–H and O–H groups in total. The summed E-state index contributed by atoms with van der Waals surface area (Å²) in [4.78, 5) is 17.2. The fourth-order valence-corrected chi connectivity index (χ4v) is 2.93. The van der Waals surface area contributed by atoms with Crippen molar-refractivity contribution in [3.8, 4) is 28.6 Å². The van der Waals surface area contributed by atoms with E-state index in [2.05, 4.69) is 16.2 Å². The highest BCUT2D eigenvalue weighted by atomic mass is 16.1. The number of H-pyrrole nitrogens is 1. The average molecular weight is 326 g/mol. The van der Waals surface area contributed by atoms with Crippen molar-refractivity contribution >= 4 is 5.65 Å². The quantitative estimate of drug-likeness (QED) is 0.612. The highest BCUT2D eigenvalue weighted by Gasteiger charge is 2.14. The lowest BCUT2D eigenvalue weighted by atomic mass is 10.1. The van der Waals surface area contributed by atoms with Crippen molar-refractivity contribution in [1.29, 1.82) is 5.26 Å². The molecule has 2 aromatic carbocycles. The fraction of sp³-hybridized carbons (Fsp3) is 0.0500. The Balaban J connectivity index is 1.95. The summed E-state index contributed by atoms with van der Waals surface area (Å²) in [6.45, 7) is 1.94. The second-order valence-electron chi connectivity index (χ2n) is 5.81. The van der Waals surface area contributed by atoms with Gasteiger partial charge in [0.2, 0.25) is 0 Å². The average Bonchev–Trinajstić information content (AvgIpc) is 3.00. The standard InChI is InChI=1S/C20H14N4O/c1-13-19(15-7-3-2-4-8-15)23-24-18(25)11-17(22-20(13)24)16-9-5-6-14(10-16)12-21/h2-11,23H,1H3. The first kappa shape index (κ1) is 14.9. The normalized spacial score (nSPS) is 10.7. The van der Waals surface area contributed by atoms with Crippen LogP contribution in [0.15, 0.2) is 65.5 Å². The van der Waals surface area contributed by atoms with Gasteiger partial charge in [-0.3, -0.25) is 9.89 Å². The van der Waals surface area contributed by atoms with Crippen LogP contribution in [0.3, 0.4) is 0 Å². The maximum Gasteiger partial charge on any atom is 0.273 e. The lowest BCUT2D eigenvalue weighted by molar-refractivity contribution is 0.904. The summed E-state index contributed by atoms with van der Waals surface area (Å²) in [5.74, 6) is 0. The van der Waals surface area contributed by atoms with Crippen molar-refractivity contribution in [2.75, 3.05) is 0 Å². The van der Waals surface area contributed by atoms with E-state index in [-0.39, 0.29) is 5.56 Å². The number of aryl methyl sites for hydroxylation is 1. The molecule has 0 atom stereocenters. The third kappa shape index (κ3) is 2.50. The number of fused-ring (bicyclic) bond motifs is 1. The molecular weight excluding hydrogens is 312 g/mol. The first-order valence-corrected chi connectivity index (χ1v) is 7.86. The molecule has 0 radical (unpaired) electrons. The molecule has 120 valence electrons. The molecule has 5 heteroatoms. The van der Waals surface area contributed by atoms with Crippen molar-refractivity contribution in [1.82, 2.24) is 14.6 Å². The summed E-state index contributed by atoms with van der Waals surface area (Å²) in [7, 11) is 0. The van der Waals surface area contributed by atoms with E-state index in [1.807, 2.05) is 43.3 Å². The number of aromatic amines is 1. The summed E-state index contributed by atoms with van der Waals surface area (Å²) in [5, 5.41) is 12.2. The van der Waals surface area contributed by atoms with E-state index >= 15 is 0 Å². The first-order valence-electron chi connectivity index (χ1n) is 7.86. The topological polar surface area (TPSA) is 73.9 Å². The van der Waals surface area contributed by atoms with E-state index in [1.54, 1.807) is 18.2 Å². The zero-order chi connectivity index (χ0) is 17.4. The molecule has 0 aliphatic carbocycles. The highest BCUT2D eigenvalue weighted by Crippen LogP contribution is 2.25. The predicted octanol–water partition coefficient (Wildman–Crippen LogP) is 3.54. The van der Waals surface area contributed by atoms with Crippen molar-refractivity contribution in [3.63, 3.8) is 0 Å². The zero-order valence-electron chi connectivity index (χ0n) is 13.5. The van der Waals surface area contributed by atoms with Crippen LogP contribution in [0.2, 0.25) is 0 Å². The Morgan fingerprint density at radius 3 is 2.56 bits per heavy atom. The maximum atomic E-state index is 12.6. The van der Waals surface area contributed by atoms with Crippen LogP contribution in [-0.4, -0.2) is 14.6 Å². The van der Waals surface area contributed by atoms with E-state index < -0.39 is 0 Å². The minimum Gasteiger partial charge on any atom is -0.289 e. The number of hydrogen-bond donors (Lipinski definition) is 1. The Labute approximate surface area is 143 Å². The van der Waals surface area contributed by atoms with Gasteiger partial charge in [0.15, 0.2) is 5.65 Å². The van der Waals surface area contributed by atoms with Gasteiger partial charge >= 0.3 is 0 Å². The van der Waals surface area contributed by atoms with E-state index in [4.69, 9.17) is 5.26 Å². The number of nitrogens with one attached hydrogen (secondary N) is 1. The van der Waals surface area contributed by atoms with Gasteiger partial charge in [0.05, 0.1) is 23.0 Å². The molecule has 5 nitrogen and oxygen atoms in total. The molecule has 0 saturated carbocycles. The van der Waals surface area contributed by atoms with Gasteiger partial charge in [0.1, 0.15) is 0 Å². The number of aromatic nitrogens is 3. The molecule has 25 heavy (non-hydrogen) atoms.